The van der Waals surface area contributed by atoms with Crippen LogP contribution >= 0.6 is 11.6 Å². The van der Waals surface area contributed by atoms with E-state index in [0.717, 1.165) is 5.56 Å². The van der Waals surface area contributed by atoms with Crippen molar-refractivity contribution in [3.8, 4) is 0 Å². The van der Waals surface area contributed by atoms with Crippen LogP contribution in [0.3, 0.4) is 0 Å². The molecule has 2 N–H and O–H groups in total. The number of amides is 2. The molecule has 6 nitrogen and oxygen atoms in total. The highest BCUT2D eigenvalue weighted by Gasteiger charge is 2.22. The highest BCUT2D eigenvalue weighted by Crippen LogP contribution is 2.18. The Kier molecular flexibility index (Phi) is 7.37. The molecule has 2 amide bonds. The Bertz CT molecular complexity index is 793. The number of hydrogen-bond donors (Lipinski definition) is 2. The number of esters is 1. The van der Waals surface area contributed by atoms with Crippen LogP contribution in [-0.4, -0.2) is 23.9 Å². The molecule has 2 atom stereocenters. The predicted molar refractivity (Wildman–Crippen MR) is 103 cm³/mol. The summed E-state index contributed by atoms with van der Waals surface area (Å²) in [6, 6.07) is 15.2. The van der Waals surface area contributed by atoms with Crippen LogP contribution in [0.1, 0.15) is 31.9 Å². The first-order valence-electron chi connectivity index (χ1n) is 8.43. The molecular formula is C20H21ClN2O4. The lowest BCUT2D eigenvalue weighted by molar-refractivity contribution is -0.153. The van der Waals surface area contributed by atoms with E-state index in [1.165, 1.54) is 13.8 Å². The first-order chi connectivity index (χ1) is 12.8. The molecule has 0 radical (unpaired) electrons. The average Bonchev–Trinajstić information content (AvgIpc) is 2.63. The summed E-state index contributed by atoms with van der Waals surface area (Å²) in [4.78, 5) is 35.9. The molecule has 0 unspecified atom stereocenters. The second-order valence-corrected chi connectivity index (χ2v) is 6.43. The molecule has 0 bridgehead atoms. The molecule has 142 valence electrons. The zero-order valence-electron chi connectivity index (χ0n) is 15.1. The highest BCUT2D eigenvalue weighted by molar-refractivity contribution is 6.30. The van der Waals surface area contributed by atoms with Gasteiger partial charge in [0.25, 0.3) is 5.91 Å². The van der Waals surface area contributed by atoms with E-state index in [9.17, 15) is 14.4 Å². The number of rotatable bonds is 7. The normalized spacial score (nSPS) is 12.6. The van der Waals surface area contributed by atoms with E-state index in [1.54, 1.807) is 24.3 Å². The standard InChI is InChI=1S/C20H21ClN2O4/c1-13(20(26)23-17-10-8-16(21)9-11-17)27-19(25)12-18(22-14(2)24)15-6-4-3-5-7-15/h3-11,13,18H,12H2,1-2H3,(H,22,24)(H,23,26)/t13-,18-/m0/s1. The van der Waals surface area contributed by atoms with Crippen molar-refractivity contribution in [2.45, 2.75) is 32.4 Å². The van der Waals surface area contributed by atoms with Gasteiger partial charge in [-0.15, -0.1) is 0 Å². The predicted octanol–water partition coefficient (Wildman–Crippen LogP) is 3.48. The minimum absolute atomic E-state index is 0.0812. The summed E-state index contributed by atoms with van der Waals surface area (Å²) < 4.78 is 5.21. The number of hydrogen-bond acceptors (Lipinski definition) is 4. The largest absolute Gasteiger partial charge is 0.452 e. The van der Waals surface area contributed by atoms with Gasteiger partial charge in [0.05, 0.1) is 12.5 Å². The molecule has 2 aromatic carbocycles. The Morgan fingerprint density at radius 3 is 2.26 bits per heavy atom. The zero-order valence-corrected chi connectivity index (χ0v) is 15.8. The number of halogens is 1. The van der Waals surface area contributed by atoms with E-state index in [1.807, 2.05) is 30.3 Å². The van der Waals surface area contributed by atoms with Gasteiger partial charge in [-0.2, -0.15) is 0 Å². The minimum Gasteiger partial charge on any atom is -0.452 e. The van der Waals surface area contributed by atoms with Gasteiger partial charge in [0.1, 0.15) is 0 Å². The lowest BCUT2D eigenvalue weighted by Gasteiger charge is -2.19. The van der Waals surface area contributed by atoms with Crippen molar-refractivity contribution in [2.75, 3.05) is 5.32 Å². The van der Waals surface area contributed by atoms with Crippen molar-refractivity contribution in [1.82, 2.24) is 5.32 Å². The SMILES string of the molecule is CC(=O)N[C@@H](CC(=O)O[C@@H](C)C(=O)Nc1ccc(Cl)cc1)c1ccccc1. The van der Waals surface area contributed by atoms with Gasteiger partial charge in [0.15, 0.2) is 6.10 Å². The van der Waals surface area contributed by atoms with Crippen LogP contribution in [-0.2, 0) is 19.1 Å². The van der Waals surface area contributed by atoms with Crippen molar-refractivity contribution in [1.29, 1.82) is 0 Å². The molecule has 27 heavy (non-hydrogen) atoms. The Morgan fingerprint density at radius 2 is 1.67 bits per heavy atom. The highest BCUT2D eigenvalue weighted by atomic mass is 35.5. The summed E-state index contributed by atoms with van der Waals surface area (Å²) in [5.74, 6) is -1.30. The summed E-state index contributed by atoms with van der Waals surface area (Å²) in [7, 11) is 0. The molecule has 0 spiro atoms. The minimum atomic E-state index is -0.984. The Hall–Kier alpha value is -2.86. The second kappa shape index (κ2) is 9.73. The van der Waals surface area contributed by atoms with Crippen molar-refractivity contribution in [3.05, 3.63) is 65.2 Å². The first-order valence-corrected chi connectivity index (χ1v) is 8.81. The molecule has 0 aliphatic carbocycles. The third-order valence-corrected chi connectivity index (χ3v) is 3.99. The summed E-state index contributed by atoms with van der Waals surface area (Å²) in [6.45, 7) is 2.86. The number of anilines is 1. The van der Waals surface area contributed by atoms with E-state index in [2.05, 4.69) is 10.6 Å². The maximum Gasteiger partial charge on any atom is 0.309 e. The first kappa shape index (κ1) is 20.5. The third-order valence-electron chi connectivity index (χ3n) is 3.74. The fourth-order valence-corrected chi connectivity index (χ4v) is 2.55. The van der Waals surface area contributed by atoms with E-state index >= 15 is 0 Å². The lowest BCUT2D eigenvalue weighted by atomic mass is 10.0. The zero-order chi connectivity index (χ0) is 19.8. The molecule has 7 heteroatoms. The number of benzene rings is 2. The van der Waals surface area contributed by atoms with Crippen LogP contribution in [0.2, 0.25) is 5.02 Å². The van der Waals surface area contributed by atoms with Crippen LogP contribution in [0, 0.1) is 0 Å². The number of ether oxygens (including phenoxy) is 1. The smallest absolute Gasteiger partial charge is 0.309 e. The monoisotopic (exact) mass is 388 g/mol. The number of nitrogens with one attached hydrogen (secondary N) is 2. The van der Waals surface area contributed by atoms with Crippen molar-refractivity contribution < 1.29 is 19.1 Å². The van der Waals surface area contributed by atoms with Crippen LogP contribution < -0.4 is 10.6 Å². The summed E-state index contributed by atoms with van der Waals surface area (Å²) in [6.07, 6.45) is -1.07. The number of carbonyl (C=O) groups is 3. The molecule has 2 aromatic rings. The van der Waals surface area contributed by atoms with Gasteiger partial charge in [-0.3, -0.25) is 14.4 Å². The lowest BCUT2D eigenvalue weighted by Crippen LogP contribution is -2.33. The van der Waals surface area contributed by atoms with Crippen molar-refractivity contribution in [3.63, 3.8) is 0 Å². The fourth-order valence-electron chi connectivity index (χ4n) is 2.43. The molecule has 0 fully saturated rings. The van der Waals surface area contributed by atoms with Gasteiger partial charge in [-0.05, 0) is 36.8 Å². The quantitative estimate of drug-likeness (QED) is 0.711. The third kappa shape index (κ3) is 6.75. The topological polar surface area (TPSA) is 84.5 Å². The molecule has 0 aliphatic rings. The van der Waals surface area contributed by atoms with E-state index < -0.39 is 24.0 Å². The van der Waals surface area contributed by atoms with E-state index in [0.29, 0.717) is 10.7 Å². The van der Waals surface area contributed by atoms with Crippen LogP contribution in [0.25, 0.3) is 0 Å². The molecule has 0 saturated carbocycles. The maximum absolute atomic E-state index is 12.2. The van der Waals surface area contributed by atoms with Gasteiger partial charge in [-0.1, -0.05) is 41.9 Å². The Morgan fingerprint density at radius 1 is 1.04 bits per heavy atom. The van der Waals surface area contributed by atoms with Crippen molar-refractivity contribution in [2.24, 2.45) is 0 Å². The maximum atomic E-state index is 12.2. The van der Waals surface area contributed by atoms with Gasteiger partial charge >= 0.3 is 5.97 Å². The molecule has 0 aromatic heterocycles. The molecule has 0 aliphatic heterocycles. The summed E-state index contributed by atoms with van der Waals surface area (Å²) in [5, 5.41) is 5.92. The summed E-state index contributed by atoms with van der Waals surface area (Å²) >= 11 is 5.80. The second-order valence-electron chi connectivity index (χ2n) is 6.00. The Labute approximate surface area is 162 Å². The summed E-state index contributed by atoms with van der Waals surface area (Å²) in [5.41, 5.74) is 1.33. The van der Waals surface area contributed by atoms with Crippen LogP contribution in [0.4, 0.5) is 5.69 Å². The van der Waals surface area contributed by atoms with Gasteiger partial charge in [0, 0.05) is 17.6 Å². The fraction of sp³-hybridized carbons (Fsp3) is 0.250. The molecule has 2 rings (SSSR count). The molecule has 0 saturated heterocycles. The van der Waals surface area contributed by atoms with Gasteiger partial charge in [-0.25, -0.2) is 0 Å². The van der Waals surface area contributed by atoms with Crippen LogP contribution in [0.15, 0.2) is 54.6 Å². The van der Waals surface area contributed by atoms with E-state index in [4.69, 9.17) is 16.3 Å². The van der Waals surface area contributed by atoms with Crippen LogP contribution in [0.5, 0.6) is 0 Å². The molecule has 0 heterocycles. The van der Waals surface area contributed by atoms with Gasteiger partial charge < -0.3 is 15.4 Å². The molecular weight excluding hydrogens is 368 g/mol. The Balaban J connectivity index is 1.94. The van der Waals surface area contributed by atoms with E-state index in [-0.39, 0.29) is 12.3 Å². The van der Waals surface area contributed by atoms with Crippen molar-refractivity contribution >= 4 is 35.1 Å². The number of carbonyl (C=O) groups excluding carboxylic acids is 3. The van der Waals surface area contributed by atoms with Gasteiger partial charge in [0.2, 0.25) is 5.91 Å². The average molecular weight is 389 g/mol.